The Labute approximate surface area is 126 Å². The summed E-state index contributed by atoms with van der Waals surface area (Å²) in [5, 5.41) is 3.73. The fraction of sp³-hybridized carbons (Fsp3) is 0.647. The summed E-state index contributed by atoms with van der Waals surface area (Å²) in [6.45, 7) is 3.32. The number of hydrogen-bond donors (Lipinski definition) is 1. The Balaban J connectivity index is 1.87. The average Bonchev–Trinajstić information content (AvgIpc) is 2.50. The van der Waals surface area contributed by atoms with Gasteiger partial charge in [-0.05, 0) is 56.0 Å². The molecule has 20 heavy (non-hydrogen) atoms. The maximum Gasteiger partial charge on any atom is 0.123 e. The van der Waals surface area contributed by atoms with Crippen molar-refractivity contribution in [3.63, 3.8) is 0 Å². The van der Waals surface area contributed by atoms with E-state index in [4.69, 9.17) is 0 Å². The molecule has 0 aliphatic heterocycles. The number of thioether (sulfide) groups is 1. The summed E-state index contributed by atoms with van der Waals surface area (Å²) < 4.78 is 12.9. The molecule has 1 N–H and O–H groups in total. The van der Waals surface area contributed by atoms with E-state index in [0.717, 1.165) is 18.2 Å². The van der Waals surface area contributed by atoms with Gasteiger partial charge in [0, 0.05) is 16.7 Å². The molecule has 112 valence electrons. The van der Waals surface area contributed by atoms with Gasteiger partial charge in [-0.15, -0.1) is 11.8 Å². The Bertz CT molecular complexity index is 373. The lowest BCUT2D eigenvalue weighted by Gasteiger charge is -2.31. The van der Waals surface area contributed by atoms with Crippen molar-refractivity contribution in [1.82, 2.24) is 5.32 Å². The zero-order chi connectivity index (χ0) is 14.2. The van der Waals surface area contributed by atoms with Crippen LogP contribution in [0.3, 0.4) is 0 Å². The molecule has 1 fully saturated rings. The molecule has 0 heterocycles. The third-order valence-corrected chi connectivity index (χ3v) is 5.25. The molecule has 0 radical (unpaired) electrons. The average molecular weight is 295 g/mol. The minimum atomic E-state index is -0.151. The second-order valence-corrected chi connectivity index (χ2v) is 6.82. The van der Waals surface area contributed by atoms with Crippen LogP contribution < -0.4 is 5.32 Å². The largest absolute Gasteiger partial charge is 0.313 e. The summed E-state index contributed by atoms with van der Waals surface area (Å²) in [4.78, 5) is 1.17. The van der Waals surface area contributed by atoms with Crippen LogP contribution in [-0.4, -0.2) is 18.3 Å². The van der Waals surface area contributed by atoms with Crippen LogP contribution in [-0.2, 0) is 0 Å². The Morgan fingerprint density at radius 2 is 1.90 bits per heavy atom. The molecule has 2 rings (SSSR count). The van der Waals surface area contributed by atoms with E-state index in [0.29, 0.717) is 6.04 Å². The first-order valence-electron chi connectivity index (χ1n) is 7.91. The van der Waals surface area contributed by atoms with Crippen molar-refractivity contribution in [3.05, 3.63) is 30.1 Å². The van der Waals surface area contributed by atoms with Crippen molar-refractivity contribution in [2.24, 2.45) is 5.92 Å². The number of nitrogens with one attached hydrogen (secondary N) is 1. The van der Waals surface area contributed by atoms with Crippen molar-refractivity contribution in [2.75, 3.05) is 12.3 Å². The molecule has 1 aliphatic carbocycles. The van der Waals surface area contributed by atoms with Crippen LogP contribution in [0, 0.1) is 11.7 Å². The molecular formula is C17H26FNS. The Morgan fingerprint density at radius 1 is 1.20 bits per heavy atom. The molecule has 0 bridgehead atoms. The highest BCUT2D eigenvalue weighted by Gasteiger charge is 2.23. The van der Waals surface area contributed by atoms with E-state index in [2.05, 4.69) is 12.2 Å². The van der Waals surface area contributed by atoms with E-state index in [1.165, 1.54) is 43.4 Å². The monoisotopic (exact) mass is 295 g/mol. The van der Waals surface area contributed by atoms with Gasteiger partial charge in [0.1, 0.15) is 5.82 Å². The lowest BCUT2D eigenvalue weighted by Crippen LogP contribution is -2.39. The van der Waals surface area contributed by atoms with Crippen LogP contribution in [0.2, 0.25) is 0 Å². The molecule has 0 amide bonds. The van der Waals surface area contributed by atoms with Crippen molar-refractivity contribution < 1.29 is 4.39 Å². The molecule has 1 unspecified atom stereocenters. The first-order valence-corrected chi connectivity index (χ1v) is 8.90. The van der Waals surface area contributed by atoms with Crippen molar-refractivity contribution in [3.8, 4) is 0 Å². The summed E-state index contributed by atoms with van der Waals surface area (Å²) in [5.41, 5.74) is 0. The highest BCUT2D eigenvalue weighted by molar-refractivity contribution is 7.99. The van der Waals surface area contributed by atoms with Gasteiger partial charge >= 0.3 is 0 Å². The van der Waals surface area contributed by atoms with E-state index in [1.54, 1.807) is 12.1 Å². The van der Waals surface area contributed by atoms with Gasteiger partial charge in [0.25, 0.3) is 0 Å². The van der Waals surface area contributed by atoms with Crippen LogP contribution in [0.1, 0.15) is 45.4 Å². The fourth-order valence-electron chi connectivity index (χ4n) is 2.94. The van der Waals surface area contributed by atoms with Crippen LogP contribution in [0.25, 0.3) is 0 Å². The maximum atomic E-state index is 12.9. The van der Waals surface area contributed by atoms with Gasteiger partial charge in [-0.2, -0.15) is 0 Å². The van der Waals surface area contributed by atoms with Crippen LogP contribution >= 0.6 is 11.8 Å². The maximum absolute atomic E-state index is 12.9. The highest BCUT2D eigenvalue weighted by atomic mass is 32.2. The van der Waals surface area contributed by atoms with Gasteiger partial charge in [0.2, 0.25) is 0 Å². The van der Waals surface area contributed by atoms with Crippen LogP contribution in [0.15, 0.2) is 29.2 Å². The van der Waals surface area contributed by atoms with Crippen molar-refractivity contribution in [2.45, 2.75) is 56.4 Å². The van der Waals surface area contributed by atoms with E-state index in [9.17, 15) is 4.39 Å². The lowest BCUT2D eigenvalue weighted by molar-refractivity contribution is 0.285. The summed E-state index contributed by atoms with van der Waals surface area (Å²) >= 11 is 1.85. The molecule has 3 heteroatoms. The molecule has 0 saturated heterocycles. The van der Waals surface area contributed by atoms with Crippen molar-refractivity contribution in [1.29, 1.82) is 0 Å². The van der Waals surface area contributed by atoms with Gasteiger partial charge in [0.15, 0.2) is 0 Å². The summed E-state index contributed by atoms with van der Waals surface area (Å²) in [7, 11) is 0. The van der Waals surface area contributed by atoms with Gasteiger partial charge in [-0.3, -0.25) is 0 Å². The smallest absolute Gasteiger partial charge is 0.123 e. The quantitative estimate of drug-likeness (QED) is 0.720. The highest BCUT2D eigenvalue weighted by Crippen LogP contribution is 2.29. The van der Waals surface area contributed by atoms with Gasteiger partial charge in [-0.1, -0.05) is 26.2 Å². The topological polar surface area (TPSA) is 12.0 Å². The molecule has 1 atom stereocenters. The third-order valence-electron chi connectivity index (χ3n) is 4.12. The van der Waals surface area contributed by atoms with E-state index in [-0.39, 0.29) is 5.82 Å². The molecule has 0 spiro atoms. The van der Waals surface area contributed by atoms with E-state index in [1.807, 2.05) is 23.9 Å². The van der Waals surface area contributed by atoms with Gasteiger partial charge in [0.05, 0.1) is 0 Å². The number of rotatable bonds is 7. The summed E-state index contributed by atoms with van der Waals surface area (Å²) in [6.07, 6.45) is 8.09. The molecule has 1 saturated carbocycles. The molecule has 1 aliphatic rings. The van der Waals surface area contributed by atoms with Gasteiger partial charge in [-0.25, -0.2) is 4.39 Å². The Kier molecular flexibility index (Phi) is 6.88. The predicted octanol–water partition coefficient (Wildman–Crippen LogP) is 4.87. The van der Waals surface area contributed by atoms with Crippen LogP contribution in [0.4, 0.5) is 4.39 Å². The molecule has 1 aromatic rings. The zero-order valence-corrected chi connectivity index (χ0v) is 13.2. The number of benzene rings is 1. The number of hydrogen-bond acceptors (Lipinski definition) is 2. The predicted molar refractivity (Wildman–Crippen MR) is 85.8 cm³/mol. The minimum Gasteiger partial charge on any atom is -0.313 e. The SMILES string of the molecule is CCCNC(CSc1ccc(F)cc1)C1CCCCC1. The Hall–Kier alpha value is -0.540. The standard InChI is InChI=1S/C17H26FNS/c1-2-12-19-17(14-6-4-3-5-7-14)13-20-16-10-8-15(18)9-11-16/h8-11,14,17,19H,2-7,12-13H2,1H3. The normalized spacial score (nSPS) is 18.1. The second-order valence-electron chi connectivity index (χ2n) is 5.72. The molecular weight excluding hydrogens is 269 g/mol. The van der Waals surface area contributed by atoms with Crippen molar-refractivity contribution >= 4 is 11.8 Å². The molecule has 1 aromatic carbocycles. The first kappa shape index (κ1) is 15.8. The van der Waals surface area contributed by atoms with Crippen LogP contribution in [0.5, 0.6) is 0 Å². The zero-order valence-electron chi connectivity index (χ0n) is 12.4. The Morgan fingerprint density at radius 3 is 2.55 bits per heavy atom. The minimum absolute atomic E-state index is 0.151. The van der Waals surface area contributed by atoms with E-state index < -0.39 is 0 Å². The summed E-state index contributed by atoms with van der Waals surface area (Å²) in [5.74, 6) is 1.77. The molecule has 0 aromatic heterocycles. The number of halogens is 1. The second kappa shape index (κ2) is 8.68. The van der Waals surface area contributed by atoms with Gasteiger partial charge < -0.3 is 5.32 Å². The lowest BCUT2D eigenvalue weighted by atomic mass is 9.84. The fourth-order valence-corrected chi connectivity index (χ4v) is 4.04. The third kappa shape index (κ3) is 5.10. The molecule has 1 nitrogen and oxygen atoms in total. The first-order chi connectivity index (χ1) is 9.79. The van der Waals surface area contributed by atoms with E-state index >= 15 is 0 Å². The summed E-state index contributed by atoms with van der Waals surface area (Å²) in [6, 6.07) is 7.48.